The molecule has 3 aromatic rings. The van der Waals surface area contributed by atoms with Crippen molar-refractivity contribution in [1.82, 2.24) is 25.8 Å². The van der Waals surface area contributed by atoms with Gasteiger partial charge in [0.25, 0.3) is 0 Å². The molecular weight excluding hydrogens is 464 g/mol. The number of pyridine rings is 2. The van der Waals surface area contributed by atoms with Gasteiger partial charge in [0, 0.05) is 19.2 Å². The molecule has 0 saturated carbocycles. The maximum absolute atomic E-state index is 13.3. The molecule has 3 aromatic heterocycles. The number of ether oxygens (including phenoxy) is 1. The summed E-state index contributed by atoms with van der Waals surface area (Å²) < 4.78 is 11.6. The van der Waals surface area contributed by atoms with Gasteiger partial charge in [0.15, 0.2) is 11.1 Å². The van der Waals surface area contributed by atoms with Crippen LogP contribution in [0.5, 0.6) is 0 Å². The molecule has 34 heavy (non-hydrogen) atoms. The van der Waals surface area contributed by atoms with E-state index in [-0.39, 0.29) is 23.1 Å². The first-order valence-corrected chi connectivity index (χ1v) is 11.2. The van der Waals surface area contributed by atoms with Crippen LogP contribution in [0.4, 0.5) is 10.5 Å². The largest absolute Gasteiger partial charge is 0.372 e. The average Bonchev–Trinajstić information content (AvgIpc) is 3.21. The van der Waals surface area contributed by atoms with E-state index in [1.807, 2.05) is 17.9 Å². The molecule has 2 saturated heterocycles. The number of nitrogens with zero attached hydrogens (tertiary/aromatic N) is 4. The zero-order valence-electron chi connectivity index (χ0n) is 18.2. The van der Waals surface area contributed by atoms with Crippen LogP contribution >= 0.6 is 11.6 Å². The van der Waals surface area contributed by atoms with Gasteiger partial charge in [0.1, 0.15) is 10.5 Å². The lowest BCUT2D eigenvalue weighted by atomic mass is 9.67. The Bertz CT molecular complexity index is 1360. The number of carbonyl (C=O) groups excluding carboxylic acids is 3. The molecule has 3 aliphatic heterocycles. The summed E-state index contributed by atoms with van der Waals surface area (Å²) in [4.78, 5) is 49.4. The maximum Gasteiger partial charge on any atom is 0.328 e. The van der Waals surface area contributed by atoms with E-state index in [9.17, 15) is 14.4 Å². The summed E-state index contributed by atoms with van der Waals surface area (Å²) in [5.74, 6) is -1.39. The summed E-state index contributed by atoms with van der Waals surface area (Å²) in [6.07, 6.45) is 0.807. The van der Waals surface area contributed by atoms with E-state index in [1.165, 1.54) is 0 Å². The molecule has 0 unspecified atom stereocenters. The summed E-state index contributed by atoms with van der Waals surface area (Å²) in [5.41, 5.74) is 0.942. The number of hydrogen-bond donors (Lipinski definition) is 2. The fourth-order valence-corrected chi connectivity index (χ4v) is 5.77. The zero-order chi connectivity index (χ0) is 23.8. The standard InChI is InChI=1S/C22H19ClN6O5/c1-9-8-29-16-12(7-22(18(29)10(2)33-9)19(30)26-21(32)27-20(22)31)25-15-14(11-5-3-4-6-24-11)28-34-17(15)13(16)23/h3-6,9-10,18H,7-8H2,1-2H3,(H2,26,27,30,31,32)/t9-,10+,18-/m0/s1. The number of morpholine rings is 1. The second-order valence-corrected chi connectivity index (χ2v) is 9.16. The first-order chi connectivity index (χ1) is 16.3. The van der Waals surface area contributed by atoms with Crippen molar-refractivity contribution in [2.45, 2.75) is 38.5 Å². The lowest BCUT2D eigenvalue weighted by molar-refractivity contribution is -0.153. The second kappa shape index (κ2) is 7.21. The van der Waals surface area contributed by atoms with Crippen LogP contribution in [0.3, 0.4) is 0 Å². The van der Waals surface area contributed by atoms with E-state index in [1.54, 1.807) is 25.3 Å². The summed E-state index contributed by atoms with van der Waals surface area (Å²) >= 11 is 6.87. The minimum Gasteiger partial charge on any atom is -0.372 e. The van der Waals surface area contributed by atoms with Gasteiger partial charge in [-0.15, -0.1) is 0 Å². The number of imide groups is 2. The molecular formula is C22H19ClN6O5. The molecule has 3 atom stereocenters. The summed E-state index contributed by atoms with van der Waals surface area (Å²) in [5, 5.41) is 8.94. The molecule has 0 radical (unpaired) electrons. The molecule has 2 N–H and O–H groups in total. The third-order valence-corrected chi connectivity index (χ3v) is 7.04. The van der Waals surface area contributed by atoms with Crippen LogP contribution in [0.25, 0.3) is 22.5 Å². The molecule has 6 heterocycles. The number of aromatic nitrogens is 3. The average molecular weight is 483 g/mol. The van der Waals surface area contributed by atoms with Crippen molar-refractivity contribution < 1.29 is 23.6 Å². The summed E-state index contributed by atoms with van der Waals surface area (Å²) in [7, 11) is 0. The van der Waals surface area contributed by atoms with Crippen LogP contribution < -0.4 is 15.5 Å². The normalized spacial score (nSPS) is 25.7. The van der Waals surface area contributed by atoms with Gasteiger partial charge in [-0.2, -0.15) is 0 Å². The fourth-order valence-electron chi connectivity index (χ4n) is 5.43. The number of urea groups is 1. The van der Waals surface area contributed by atoms with Crippen molar-refractivity contribution in [3.05, 3.63) is 35.1 Å². The molecule has 0 aliphatic carbocycles. The smallest absolute Gasteiger partial charge is 0.328 e. The molecule has 12 heteroatoms. The van der Waals surface area contributed by atoms with Gasteiger partial charge in [0.2, 0.25) is 17.4 Å². The molecule has 2 fully saturated rings. The van der Waals surface area contributed by atoms with Crippen LogP contribution in [0.1, 0.15) is 19.5 Å². The minimum atomic E-state index is -1.65. The van der Waals surface area contributed by atoms with E-state index < -0.39 is 35.4 Å². The predicted molar refractivity (Wildman–Crippen MR) is 119 cm³/mol. The van der Waals surface area contributed by atoms with Crippen LogP contribution in [-0.4, -0.2) is 57.8 Å². The van der Waals surface area contributed by atoms with E-state index in [2.05, 4.69) is 20.8 Å². The lowest BCUT2D eigenvalue weighted by Crippen LogP contribution is -2.75. The molecule has 0 bridgehead atoms. The van der Waals surface area contributed by atoms with Gasteiger partial charge in [0.05, 0.1) is 35.3 Å². The minimum absolute atomic E-state index is 0.0843. The van der Waals surface area contributed by atoms with Crippen molar-refractivity contribution in [1.29, 1.82) is 0 Å². The van der Waals surface area contributed by atoms with Gasteiger partial charge in [-0.05, 0) is 26.0 Å². The topological polar surface area (TPSA) is 140 Å². The number of nitrogens with one attached hydrogen (secondary N) is 2. The van der Waals surface area contributed by atoms with Crippen LogP contribution in [0.15, 0.2) is 28.9 Å². The number of anilines is 1. The van der Waals surface area contributed by atoms with Crippen LogP contribution in [-0.2, 0) is 20.7 Å². The highest BCUT2D eigenvalue weighted by Crippen LogP contribution is 2.50. The number of barbiturate groups is 1. The van der Waals surface area contributed by atoms with Crippen molar-refractivity contribution in [2.75, 3.05) is 11.4 Å². The summed E-state index contributed by atoms with van der Waals surface area (Å²) in [6.45, 7) is 4.04. The fraction of sp³-hybridized carbons (Fsp3) is 0.364. The Balaban J connectivity index is 1.61. The van der Waals surface area contributed by atoms with Crippen molar-refractivity contribution in [3.8, 4) is 11.4 Å². The number of hydrogen-bond acceptors (Lipinski definition) is 9. The molecule has 0 aromatic carbocycles. The first kappa shape index (κ1) is 21.0. The third-order valence-electron chi connectivity index (χ3n) is 6.69. The Morgan fingerprint density at radius 3 is 2.65 bits per heavy atom. The summed E-state index contributed by atoms with van der Waals surface area (Å²) in [6, 6.07) is 3.78. The Kier molecular flexibility index (Phi) is 4.45. The van der Waals surface area contributed by atoms with Crippen LogP contribution in [0, 0.1) is 5.41 Å². The number of carbonyl (C=O) groups is 3. The van der Waals surface area contributed by atoms with E-state index in [4.69, 9.17) is 25.8 Å². The van der Waals surface area contributed by atoms with Gasteiger partial charge < -0.3 is 14.2 Å². The predicted octanol–water partition coefficient (Wildman–Crippen LogP) is 1.83. The SMILES string of the molecule is C[C@H]1CN2c3c(nc4c(-c5ccccn5)noc4c3Cl)CC3(C(=O)NC(=O)NC3=O)[C@@H]2[C@@H](C)O1. The molecule has 4 amide bonds. The van der Waals surface area contributed by atoms with Crippen molar-refractivity contribution >= 4 is 46.2 Å². The Labute approximate surface area is 197 Å². The highest BCUT2D eigenvalue weighted by atomic mass is 35.5. The number of fused-ring (bicyclic) bond motifs is 5. The molecule has 6 rings (SSSR count). The Morgan fingerprint density at radius 1 is 1.18 bits per heavy atom. The number of amides is 4. The van der Waals surface area contributed by atoms with Gasteiger partial charge in [-0.1, -0.05) is 22.8 Å². The molecule has 3 aliphatic rings. The molecule has 11 nitrogen and oxygen atoms in total. The van der Waals surface area contributed by atoms with E-state index >= 15 is 0 Å². The van der Waals surface area contributed by atoms with Crippen molar-refractivity contribution in [2.24, 2.45) is 5.41 Å². The Hall–Kier alpha value is -3.57. The van der Waals surface area contributed by atoms with Gasteiger partial charge >= 0.3 is 6.03 Å². The molecule has 1 spiro atoms. The highest BCUT2D eigenvalue weighted by Gasteiger charge is 2.63. The molecule has 174 valence electrons. The number of rotatable bonds is 1. The van der Waals surface area contributed by atoms with E-state index in [0.29, 0.717) is 34.8 Å². The first-order valence-electron chi connectivity index (χ1n) is 10.8. The maximum atomic E-state index is 13.3. The lowest BCUT2D eigenvalue weighted by Gasteiger charge is -2.55. The third kappa shape index (κ3) is 2.74. The quantitative estimate of drug-likeness (QED) is 0.497. The highest BCUT2D eigenvalue weighted by molar-refractivity contribution is 6.38. The van der Waals surface area contributed by atoms with Gasteiger partial charge in [-0.3, -0.25) is 25.2 Å². The van der Waals surface area contributed by atoms with Gasteiger partial charge in [-0.25, -0.2) is 9.78 Å². The number of halogens is 1. The van der Waals surface area contributed by atoms with E-state index in [0.717, 1.165) is 0 Å². The van der Waals surface area contributed by atoms with Crippen LogP contribution in [0.2, 0.25) is 5.02 Å². The second-order valence-electron chi connectivity index (χ2n) is 8.78. The van der Waals surface area contributed by atoms with Crippen molar-refractivity contribution in [3.63, 3.8) is 0 Å². The monoisotopic (exact) mass is 482 g/mol. The Morgan fingerprint density at radius 2 is 1.94 bits per heavy atom. The zero-order valence-corrected chi connectivity index (χ0v) is 18.9.